The summed E-state index contributed by atoms with van der Waals surface area (Å²) in [6.45, 7) is 4.70. The monoisotopic (exact) mass is 780 g/mol. The minimum absolute atomic E-state index is 0.147. The Balaban J connectivity index is 4.43. The predicted molar refractivity (Wildman–Crippen MR) is 223 cm³/mol. The summed E-state index contributed by atoms with van der Waals surface area (Å²) in [5, 5.41) is 11.7. The lowest BCUT2D eigenvalue weighted by Gasteiger charge is -2.26. The molecular formula is C46H85NO8. The molecule has 2 atom stereocenters. The third-order valence-electron chi connectivity index (χ3n) is 9.67. The molecule has 0 amide bonds. The number of ether oxygens (including phenoxy) is 4. The number of nitrogens with zero attached hydrogens (tertiary/aromatic N) is 1. The summed E-state index contributed by atoms with van der Waals surface area (Å²) in [4.78, 5) is 36.9. The van der Waals surface area contributed by atoms with Crippen LogP contribution in [0.5, 0.6) is 0 Å². The van der Waals surface area contributed by atoms with E-state index in [9.17, 15) is 19.5 Å². The smallest absolute Gasteiger partial charge is 0.306 e. The van der Waals surface area contributed by atoms with Crippen molar-refractivity contribution < 1.29 is 42.9 Å². The molecule has 0 aromatic heterocycles. The number of carboxylic acids is 1. The highest BCUT2D eigenvalue weighted by Crippen LogP contribution is 2.14. The van der Waals surface area contributed by atoms with Crippen LogP contribution in [0, 0.1) is 0 Å². The van der Waals surface area contributed by atoms with Crippen molar-refractivity contribution in [1.29, 1.82) is 0 Å². The summed E-state index contributed by atoms with van der Waals surface area (Å²) in [5.41, 5.74) is 0. The Morgan fingerprint density at radius 3 is 1.38 bits per heavy atom. The van der Waals surface area contributed by atoms with Gasteiger partial charge in [-0.25, -0.2) is 0 Å². The molecule has 0 aliphatic heterocycles. The number of unbranched alkanes of at least 4 members (excludes halogenated alkanes) is 22. The zero-order chi connectivity index (χ0) is 40.7. The Morgan fingerprint density at radius 2 is 0.927 bits per heavy atom. The van der Waals surface area contributed by atoms with Crippen molar-refractivity contribution in [2.24, 2.45) is 0 Å². The maximum atomic E-state index is 12.7. The van der Waals surface area contributed by atoms with E-state index in [1.165, 1.54) is 96.3 Å². The van der Waals surface area contributed by atoms with E-state index in [1.807, 2.05) is 21.1 Å². The SMILES string of the molecule is CCCCC/C=C\CCCCCCCC(=O)OCC(COC(OCC[N+](C)(C)C)C(=O)[O-])OC(=O)CCCCCCCCC/C=C\CCCCCCCCC. The third-order valence-corrected chi connectivity index (χ3v) is 9.67. The van der Waals surface area contributed by atoms with Gasteiger partial charge < -0.3 is 33.3 Å². The molecule has 0 bridgehead atoms. The predicted octanol–water partition coefficient (Wildman–Crippen LogP) is 10.3. The number of rotatable bonds is 41. The van der Waals surface area contributed by atoms with Crippen LogP contribution in [0.1, 0.15) is 194 Å². The fraction of sp³-hybridized carbons (Fsp3) is 0.848. The van der Waals surface area contributed by atoms with Gasteiger partial charge in [-0.15, -0.1) is 0 Å². The van der Waals surface area contributed by atoms with E-state index < -0.39 is 24.3 Å². The van der Waals surface area contributed by atoms with Crippen LogP contribution in [0.25, 0.3) is 0 Å². The molecule has 0 fully saturated rings. The highest BCUT2D eigenvalue weighted by molar-refractivity contribution is 5.70. The lowest BCUT2D eigenvalue weighted by Crippen LogP contribution is -2.44. The van der Waals surface area contributed by atoms with Gasteiger partial charge >= 0.3 is 11.9 Å². The summed E-state index contributed by atoms with van der Waals surface area (Å²) in [7, 11) is 5.90. The second-order valence-electron chi connectivity index (χ2n) is 16.3. The minimum Gasteiger partial charge on any atom is -0.545 e. The van der Waals surface area contributed by atoms with Crippen LogP contribution in [-0.2, 0) is 33.3 Å². The lowest BCUT2D eigenvalue weighted by atomic mass is 10.1. The van der Waals surface area contributed by atoms with E-state index in [1.54, 1.807) is 0 Å². The summed E-state index contributed by atoms with van der Waals surface area (Å²) in [6.07, 6.45) is 37.8. The van der Waals surface area contributed by atoms with Crippen LogP contribution in [-0.4, -0.2) is 82.3 Å². The Morgan fingerprint density at radius 1 is 0.527 bits per heavy atom. The lowest BCUT2D eigenvalue weighted by molar-refractivity contribution is -0.870. The largest absolute Gasteiger partial charge is 0.545 e. The number of quaternary nitrogens is 1. The van der Waals surface area contributed by atoms with Crippen LogP contribution < -0.4 is 5.11 Å². The van der Waals surface area contributed by atoms with Crippen LogP contribution >= 0.6 is 0 Å². The van der Waals surface area contributed by atoms with Gasteiger partial charge in [-0.05, 0) is 64.2 Å². The van der Waals surface area contributed by atoms with Gasteiger partial charge in [-0.1, -0.05) is 141 Å². The molecule has 0 aromatic rings. The molecular weight excluding hydrogens is 695 g/mol. The summed E-state index contributed by atoms with van der Waals surface area (Å²) in [6, 6.07) is 0. The van der Waals surface area contributed by atoms with E-state index in [-0.39, 0.29) is 38.6 Å². The average molecular weight is 780 g/mol. The normalized spacial score (nSPS) is 13.1. The average Bonchev–Trinajstić information content (AvgIpc) is 3.14. The molecule has 9 heteroatoms. The van der Waals surface area contributed by atoms with E-state index in [0.29, 0.717) is 17.4 Å². The van der Waals surface area contributed by atoms with E-state index in [0.717, 1.165) is 64.2 Å². The molecule has 0 N–H and O–H groups in total. The molecule has 0 spiro atoms. The molecule has 0 aliphatic carbocycles. The molecule has 0 saturated carbocycles. The zero-order valence-corrected chi connectivity index (χ0v) is 36.3. The second kappa shape index (κ2) is 38.6. The van der Waals surface area contributed by atoms with Gasteiger partial charge in [0.05, 0.1) is 40.3 Å². The number of esters is 2. The molecule has 55 heavy (non-hydrogen) atoms. The van der Waals surface area contributed by atoms with Gasteiger partial charge in [0, 0.05) is 12.8 Å². The van der Waals surface area contributed by atoms with E-state index in [2.05, 4.69) is 38.2 Å². The van der Waals surface area contributed by atoms with Crippen LogP contribution in [0.2, 0.25) is 0 Å². The number of carbonyl (C=O) groups excluding carboxylic acids is 3. The van der Waals surface area contributed by atoms with Crippen molar-refractivity contribution in [3.8, 4) is 0 Å². The minimum atomic E-state index is -1.62. The number of allylic oxidation sites excluding steroid dienone is 4. The molecule has 9 nitrogen and oxygen atoms in total. The Kier molecular flexibility index (Phi) is 37.1. The topological polar surface area (TPSA) is 111 Å². The molecule has 0 saturated heterocycles. The number of hydrogen-bond donors (Lipinski definition) is 0. The number of carboxylic acid groups (broad SMARTS) is 1. The molecule has 2 unspecified atom stereocenters. The Labute approximate surface area is 337 Å². The first-order valence-electron chi connectivity index (χ1n) is 22.5. The van der Waals surface area contributed by atoms with Crippen molar-refractivity contribution in [1.82, 2.24) is 0 Å². The maximum Gasteiger partial charge on any atom is 0.306 e. The summed E-state index contributed by atoms with van der Waals surface area (Å²) < 4.78 is 22.5. The van der Waals surface area contributed by atoms with Gasteiger partial charge in [-0.3, -0.25) is 9.59 Å². The summed E-state index contributed by atoms with van der Waals surface area (Å²) >= 11 is 0. The molecule has 0 aromatic carbocycles. The number of carbonyl (C=O) groups is 3. The molecule has 0 rings (SSSR count). The molecule has 0 radical (unpaired) electrons. The first-order chi connectivity index (χ1) is 26.6. The van der Waals surface area contributed by atoms with Gasteiger partial charge in [0.2, 0.25) is 0 Å². The maximum absolute atomic E-state index is 12.7. The fourth-order valence-corrected chi connectivity index (χ4v) is 6.11. The summed E-state index contributed by atoms with van der Waals surface area (Å²) in [5.74, 6) is -2.30. The number of hydrogen-bond acceptors (Lipinski definition) is 8. The van der Waals surface area contributed by atoms with Crippen molar-refractivity contribution >= 4 is 17.9 Å². The molecule has 0 heterocycles. The molecule has 0 aliphatic rings. The van der Waals surface area contributed by atoms with Crippen LogP contribution in [0.15, 0.2) is 24.3 Å². The quantitative estimate of drug-likeness (QED) is 0.0198. The van der Waals surface area contributed by atoms with Crippen LogP contribution in [0.3, 0.4) is 0 Å². The highest BCUT2D eigenvalue weighted by Gasteiger charge is 2.21. The van der Waals surface area contributed by atoms with Gasteiger partial charge in [0.15, 0.2) is 12.4 Å². The van der Waals surface area contributed by atoms with Crippen molar-refractivity contribution in [2.75, 3.05) is 47.5 Å². The van der Waals surface area contributed by atoms with Gasteiger partial charge in [0.25, 0.3) is 0 Å². The fourth-order valence-electron chi connectivity index (χ4n) is 6.11. The number of likely N-dealkylation sites (N-methyl/N-ethyl adjacent to an activating group) is 1. The second-order valence-corrected chi connectivity index (χ2v) is 16.3. The standard InChI is InChI=1S/C46H85NO8/c1-6-8-10-12-14-16-18-20-21-22-23-24-25-27-29-31-33-35-37-44(49)55-42(41-54-46(45(50)51)52-39-38-47(3,4)5)40-53-43(48)36-34-32-30-28-26-19-17-15-13-11-9-7-2/h15,17,21-22,42,46H,6-14,16,18-20,23-41H2,1-5H3/b17-15-,22-21-. The van der Waals surface area contributed by atoms with Crippen molar-refractivity contribution in [2.45, 2.75) is 206 Å². The van der Waals surface area contributed by atoms with Crippen LogP contribution in [0.4, 0.5) is 0 Å². The van der Waals surface area contributed by atoms with E-state index in [4.69, 9.17) is 18.9 Å². The van der Waals surface area contributed by atoms with Crippen molar-refractivity contribution in [3.05, 3.63) is 24.3 Å². The zero-order valence-electron chi connectivity index (χ0n) is 36.3. The number of aliphatic carboxylic acids is 1. The van der Waals surface area contributed by atoms with E-state index >= 15 is 0 Å². The Hall–Kier alpha value is -2.23. The van der Waals surface area contributed by atoms with Gasteiger partial charge in [0.1, 0.15) is 13.2 Å². The highest BCUT2D eigenvalue weighted by atomic mass is 16.7. The Bertz CT molecular complexity index is 960. The third kappa shape index (κ3) is 39.8. The first kappa shape index (κ1) is 52.8. The molecule has 322 valence electrons. The van der Waals surface area contributed by atoms with Crippen molar-refractivity contribution in [3.63, 3.8) is 0 Å². The van der Waals surface area contributed by atoms with Gasteiger partial charge in [-0.2, -0.15) is 0 Å². The first-order valence-corrected chi connectivity index (χ1v) is 22.5.